The van der Waals surface area contributed by atoms with Gasteiger partial charge in [-0.25, -0.2) is 0 Å². The number of rotatable bonds is 8. The highest BCUT2D eigenvalue weighted by atomic mass is 32.2. The lowest BCUT2D eigenvalue weighted by Gasteiger charge is -2.44. The standard InChI is InChI=1S/C22H32N2O3S/c1-3-4-5-6-7-8-20(25)23-15-13-22(14-16-23)24(21(26)17-28-22)18-9-11-19(27-2)12-10-18/h9-12H,3-8,13-17H2,1-2H3. The number of anilines is 1. The lowest BCUT2D eigenvalue weighted by molar-refractivity contribution is -0.132. The van der Waals surface area contributed by atoms with Crippen LogP contribution in [0.1, 0.15) is 58.3 Å². The molecule has 0 atom stereocenters. The molecule has 2 aliphatic rings. The molecular weight excluding hydrogens is 372 g/mol. The van der Waals surface area contributed by atoms with Gasteiger partial charge in [-0.3, -0.25) is 14.5 Å². The van der Waals surface area contributed by atoms with Gasteiger partial charge in [0, 0.05) is 25.2 Å². The second-order valence-corrected chi connectivity index (χ2v) is 9.04. The molecule has 154 valence electrons. The number of ether oxygens (including phenoxy) is 1. The third-order valence-electron chi connectivity index (χ3n) is 5.84. The lowest BCUT2D eigenvalue weighted by atomic mass is 10.00. The Morgan fingerprint density at radius 1 is 1.11 bits per heavy atom. The van der Waals surface area contributed by atoms with E-state index in [1.165, 1.54) is 19.3 Å². The topological polar surface area (TPSA) is 49.9 Å². The van der Waals surface area contributed by atoms with Gasteiger partial charge in [-0.1, -0.05) is 32.6 Å². The first-order chi connectivity index (χ1) is 13.6. The van der Waals surface area contributed by atoms with Gasteiger partial charge in [0.15, 0.2) is 0 Å². The van der Waals surface area contributed by atoms with Crippen LogP contribution in [0.4, 0.5) is 5.69 Å². The maximum Gasteiger partial charge on any atom is 0.238 e. The van der Waals surface area contributed by atoms with Gasteiger partial charge >= 0.3 is 0 Å². The predicted molar refractivity (Wildman–Crippen MR) is 115 cm³/mol. The van der Waals surface area contributed by atoms with E-state index in [0.717, 1.165) is 50.2 Å². The summed E-state index contributed by atoms with van der Waals surface area (Å²) in [5, 5.41) is 0. The van der Waals surface area contributed by atoms with Gasteiger partial charge in [0.05, 0.1) is 17.7 Å². The molecule has 0 bridgehead atoms. The number of benzene rings is 1. The van der Waals surface area contributed by atoms with Crippen LogP contribution in [0.25, 0.3) is 0 Å². The zero-order valence-electron chi connectivity index (χ0n) is 17.1. The first-order valence-electron chi connectivity index (χ1n) is 10.5. The highest BCUT2D eigenvalue weighted by molar-refractivity contribution is 8.02. The van der Waals surface area contributed by atoms with Crippen molar-refractivity contribution in [2.45, 2.75) is 63.2 Å². The summed E-state index contributed by atoms with van der Waals surface area (Å²) in [6.07, 6.45) is 8.16. The molecule has 2 fully saturated rings. The molecule has 5 nitrogen and oxygen atoms in total. The minimum atomic E-state index is -0.219. The summed E-state index contributed by atoms with van der Waals surface area (Å²) in [6, 6.07) is 7.71. The Morgan fingerprint density at radius 3 is 2.43 bits per heavy atom. The molecule has 0 aromatic heterocycles. The van der Waals surface area contributed by atoms with Crippen LogP contribution in [0.2, 0.25) is 0 Å². The minimum Gasteiger partial charge on any atom is -0.497 e. The number of piperidine rings is 1. The highest BCUT2D eigenvalue weighted by Crippen LogP contribution is 2.47. The van der Waals surface area contributed by atoms with Crippen LogP contribution in [-0.2, 0) is 9.59 Å². The average molecular weight is 405 g/mol. The Labute approximate surface area is 172 Å². The van der Waals surface area contributed by atoms with E-state index in [-0.39, 0.29) is 16.7 Å². The van der Waals surface area contributed by atoms with E-state index in [0.29, 0.717) is 12.2 Å². The quantitative estimate of drug-likeness (QED) is 0.601. The second kappa shape index (κ2) is 9.68. The number of methoxy groups -OCH3 is 1. The van der Waals surface area contributed by atoms with Crippen molar-refractivity contribution in [3.05, 3.63) is 24.3 Å². The third kappa shape index (κ3) is 4.65. The van der Waals surface area contributed by atoms with Gasteiger partial charge in [-0.2, -0.15) is 0 Å². The van der Waals surface area contributed by atoms with Crippen molar-refractivity contribution in [2.24, 2.45) is 0 Å². The molecule has 1 aromatic rings. The number of amides is 2. The smallest absolute Gasteiger partial charge is 0.238 e. The Hall–Kier alpha value is -1.69. The molecule has 6 heteroatoms. The van der Waals surface area contributed by atoms with Crippen LogP contribution in [0.3, 0.4) is 0 Å². The van der Waals surface area contributed by atoms with E-state index in [1.807, 2.05) is 34.1 Å². The maximum absolute atomic E-state index is 12.6. The maximum atomic E-state index is 12.6. The number of carbonyl (C=O) groups is 2. The Bertz CT molecular complexity index is 669. The zero-order chi connectivity index (χ0) is 20.0. The predicted octanol–water partition coefficient (Wildman–Crippen LogP) is 4.45. The van der Waals surface area contributed by atoms with Crippen molar-refractivity contribution in [1.82, 2.24) is 4.90 Å². The molecule has 0 aliphatic carbocycles. The molecule has 1 spiro atoms. The molecule has 1 aromatic carbocycles. The number of likely N-dealkylation sites (tertiary alicyclic amines) is 1. The van der Waals surface area contributed by atoms with Crippen LogP contribution in [0.5, 0.6) is 5.75 Å². The molecule has 0 N–H and O–H groups in total. The van der Waals surface area contributed by atoms with Gasteiger partial charge in [0.1, 0.15) is 5.75 Å². The number of hydrogen-bond donors (Lipinski definition) is 0. The third-order valence-corrected chi connectivity index (χ3v) is 7.36. The first-order valence-corrected chi connectivity index (χ1v) is 11.5. The minimum absolute atomic E-state index is 0.158. The molecular formula is C22H32N2O3S. The van der Waals surface area contributed by atoms with Gasteiger partial charge in [0.25, 0.3) is 0 Å². The monoisotopic (exact) mass is 404 g/mol. The fourth-order valence-corrected chi connectivity index (χ4v) is 5.50. The summed E-state index contributed by atoms with van der Waals surface area (Å²) in [5.41, 5.74) is 0.923. The summed E-state index contributed by atoms with van der Waals surface area (Å²) in [4.78, 5) is 28.9. The molecule has 2 aliphatic heterocycles. The first kappa shape index (κ1) is 21.0. The van der Waals surface area contributed by atoms with Gasteiger partial charge < -0.3 is 9.64 Å². The number of carbonyl (C=O) groups excluding carboxylic acids is 2. The van der Waals surface area contributed by atoms with Crippen LogP contribution in [-0.4, -0.2) is 47.5 Å². The molecule has 2 amide bonds. The summed E-state index contributed by atoms with van der Waals surface area (Å²) < 4.78 is 5.24. The zero-order valence-corrected chi connectivity index (χ0v) is 17.9. The molecule has 2 saturated heterocycles. The van der Waals surface area contributed by atoms with Crippen molar-refractivity contribution in [2.75, 3.05) is 30.9 Å². The largest absolute Gasteiger partial charge is 0.497 e. The number of nitrogens with zero attached hydrogens (tertiary/aromatic N) is 2. The van der Waals surface area contributed by atoms with E-state index < -0.39 is 0 Å². The SMILES string of the molecule is CCCCCCCC(=O)N1CCC2(CC1)SCC(=O)N2c1ccc(OC)cc1. The summed E-state index contributed by atoms with van der Waals surface area (Å²) in [5.74, 6) is 1.73. The fourth-order valence-electron chi connectivity index (χ4n) is 4.17. The van der Waals surface area contributed by atoms with Gasteiger partial charge in [-0.15, -0.1) is 11.8 Å². The van der Waals surface area contributed by atoms with E-state index >= 15 is 0 Å². The molecule has 3 rings (SSSR count). The fraction of sp³-hybridized carbons (Fsp3) is 0.636. The Kier molecular flexibility index (Phi) is 7.27. The summed E-state index contributed by atoms with van der Waals surface area (Å²) >= 11 is 1.73. The van der Waals surface area contributed by atoms with Crippen LogP contribution < -0.4 is 9.64 Å². The van der Waals surface area contributed by atoms with E-state index in [1.54, 1.807) is 18.9 Å². The normalized spacial score (nSPS) is 18.7. The lowest BCUT2D eigenvalue weighted by Crippen LogP contribution is -2.53. The highest BCUT2D eigenvalue weighted by Gasteiger charge is 2.49. The van der Waals surface area contributed by atoms with Crippen molar-refractivity contribution in [1.29, 1.82) is 0 Å². The van der Waals surface area contributed by atoms with Gasteiger partial charge in [0.2, 0.25) is 11.8 Å². The van der Waals surface area contributed by atoms with Gasteiger partial charge in [-0.05, 0) is 43.5 Å². The Morgan fingerprint density at radius 2 is 1.79 bits per heavy atom. The molecule has 2 heterocycles. The average Bonchev–Trinajstić information content (AvgIpc) is 3.04. The summed E-state index contributed by atoms with van der Waals surface area (Å²) in [7, 11) is 1.64. The molecule has 28 heavy (non-hydrogen) atoms. The van der Waals surface area contributed by atoms with E-state index in [2.05, 4.69) is 6.92 Å². The van der Waals surface area contributed by atoms with Crippen molar-refractivity contribution in [3.63, 3.8) is 0 Å². The summed E-state index contributed by atoms with van der Waals surface area (Å²) in [6.45, 7) is 3.68. The van der Waals surface area contributed by atoms with Crippen LogP contribution >= 0.6 is 11.8 Å². The van der Waals surface area contributed by atoms with E-state index in [9.17, 15) is 9.59 Å². The Balaban J connectivity index is 1.58. The molecule has 0 unspecified atom stereocenters. The van der Waals surface area contributed by atoms with Crippen molar-refractivity contribution < 1.29 is 14.3 Å². The van der Waals surface area contributed by atoms with Crippen LogP contribution in [0, 0.1) is 0 Å². The number of thioether (sulfide) groups is 1. The van der Waals surface area contributed by atoms with Crippen LogP contribution in [0.15, 0.2) is 24.3 Å². The van der Waals surface area contributed by atoms with Crippen molar-refractivity contribution in [3.8, 4) is 5.75 Å². The second-order valence-electron chi connectivity index (χ2n) is 7.71. The van der Waals surface area contributed by atoms with Crippen molar-refractivity contribution >= 4 is 29.3 Å². The molecule has 0 saturated carbocycles. The van der Waals surface area contributed by atoms with E-state index in [4.69, 9.17) is 4.74 Å². The number of unbranched alkanes of at least 4 members (excludes halogenated alkanes) is 4. The number of hydrogen-bond acceptors (Lipinski definition) is 4. The molecule has 0 radical (unpaired) electrons.